The second kappa shape index (κ2) is 4.76. The van der Waals surface area contributed by atoms with E-state index in [-0.39, 0.29) is 0 Å². The average molecular weight is 323 g/mol. The van der Waals surface area contributed by atoms with Crippen molar-refractivity contribution in [2.75, 3.05) is 0 Å². The molecule has 3 rings (SSSR count). The lowest BCUT2D eigenvalue weighted by atomic mass is 10.1. The summed E-state index contributed by atoms with van der Waals surface area (Å²) in [5.74, 6) is 0. The number of halogens is 1. The highest BCUT2D eigenvalue weighted by Crippen LogP contribution is 2.33. The molecule has 0 saturated carbocycles. The molecule has 17 heavy (non-hydrogen) atoms. The molecule has 2 nitrogen and oxygen atoms in total. The van der Waals surface area contributed by atoms with Crippen LogP contribution in [0, 0.1) is 0 Å². The van der Waals surface area contributed by atoms with E-state index < -0.39 is 0 Å². The van der Waals surface area contributed by atoms with Gasteiger partial charge in [-0.1, -0.05) is 53.4 Å². The van der Waals surface area contributed by atoms with Crippen molar-refractivity contribution in [1.82, 2.24) is 10.2 Å². The van der Waals surface area contributed by atoms with E-state index in [0.29, 0.717) is 0 Å². The Labute approximate surface area is 115 Å². The number of rotatable bonds is 2. The van der Waals surface area contributed by atoms with Crippen molar-refractivity contribution in [2.45, 2.75) is 9.24 Å². The standard InChI is InChI=1S/C12H7BrN2S2/c13-11-14-15-12(17-11)16-10-6-5-8-3-1-2-4-9(8)7-10/h1-7H. The Kier molecular flexibility index (Phi) is 3.13. The summed E-state index contributed by atoms with van der Waals surface area (Å²) in [6.45, 7) is 0. The lowest BCUT2D eigenvalue weighted by Gasteiger charge is -2.00. The number of hydrogen-bond donors (Lipinski definition) is 0. The fourth-order valence-electron chi connectivity index (χ4n) is 1.57. The Morgan fingerprint density at radius 1 is 1.00 bits per heavy atom. The van der Waals surface area contributed by atoms with Crippen LogP contribution in [0.3, 0.4) is 0 Å². The first-order valence-corrected chi connectivity index (χ1v) is 7.39. The van der Waals surface area contributed by atoms with Gasteiger partial charge in [0.2, 0.25) is 0 Å². The third-order valence-corrected chi connectivity index (χ3v) is 4.70. The van der Waals surface area contributed by atoms with Gasteiger partial charge in [-0.3, -0.25) is 0 Å². The molecule has 0 unspecified atom stereocenters. The lowest BCUT2D eigenvalue weighted by Crippen LogP contribution is -1.75. The van der Waals surface area contributed by atoms with Crippen molar-refractivity contribution < 1.29 is 0 Å². The first-order valence-electron chi connectivity index (χ1n) is 4.97. The molecule has 1 aromatic heterocycles. The van der Waals surface area contributed by atoms with Crippen molar-refractivity contribution in [2.24, 2.45) is 0 Å². The fraction of sp³-hybridized carbons (Fsp3) is 0. The highest BCUT2D eigenvalue weighted by atomic mass is 79.9. The molecule has 0 aliphatic carbocycles. The highest BCUT2D eigenvalue weighted by Gasteiger charge is 2.04. The second-order valence-corrected chi connectivity index (χ2v) is 7.01. The molecular formula is C12H7BrN2S2. The molecule has 0 spiro atoms. The molecule has 84 valence electrons. The molecule has 5 heteroatoms. The Bertz CT molecular complexity index is 666. The number of fused-ring (bicyclic) bond motifs is 1. The zero-order valence-corrected chi connectivity index (χ0v) is 11.8. The van der Waals surface area contributed by atoms with Gasteiger partial charge < -0.3 is 0 Å². The van der Waals surface area contributed by atoms with Gasteiger partial charge in [0, 0.05) is 4.90 Å². The fourth-order valence-corrected chi connectivity index (χ4v) is 4.03. The number of nitrogens with zero attached hydrogens (tertiary/aromatic N) is 2. The molecule has 0 aliphatic heterocycles. The van der Waals surface area contributed by atoms with Gasteiger partial charge in [0.05, 0.1) is 0 Å². The van der Waals surface area contributed by atoms with Crippen molar-refractivity contribution in [3.05, 3.63) is 46.4 Å². The summed E-state index contributed by atoms with van der Waals surface area (Å²) in [5.41, 5.74) is 0. The third-order valence-electron chi connectivity index (χ3n) is 2.31. The van der Waals surface area contributed by atoms with E-state index in [1.54, 1.807) is 23.1 Å². The monoisotopic (exact) mass is 322 g/mol. The normalized spacial score (nSPS) is 10.9. The Morgan fingerprint density at radius 2 is 1.82 bits per heavy atom. The summed E-state index contributed by atoms with van der Waals surface area (Å²) >= 11 is 6.50. The molecule has 0 saturated heterocycles. The third kappa shape index (κ3) is 2.51. The molecule has 0 atom stereocenters. The molecule has 1 heterocycles. The van der Waals surface area contributed by atoms with Crippen LogP contribution < -0.4 is 0 Å². The van der Waals surface area contributed by atoms with Gasteiger partial charge in [-0.25, -0.2) is 0 Å². The molecule has 0 amide bonds. The minimum absolute atomic E-state index is 0.820. The maximum atomic E-state index is 4.08. The topological polar surface area (TPSA) is 25.8 Å². The molecule has 2 aromatic carbocycles. The van der Waals surface area contributed by atoms with Gasteiger partial charge in [0.1, 0.15) is 0 Å². The maximum Gasteiger partial charge on any atom is 0.184 e. The summed E-state index contributed by atoms with van der Waals surface area (Å²) in [7, 11) is 0. The summed E-state index contributed by atoms with van der Waals surface area (Å²) in [6.07, 6.45) is 0. The quantitative estimate of drug-likeness (QED) is 0.689. The smallest absolute Gasteiger partial charge is 0.130 e. The second-order valence-electron chi connectivity index (χ2n) is 3.43. The zero-order chi connectivity index (χ0) is 11.7. The minimum Gasteiger partial charge on any atom is -0.130 e. The van der Waals surface area contributed by atoms with Crippen LogP contribution in [0.4, 0.5) is 0 Å². The van der Waals surface area contributed by atoms with E-state index in [1.807, 2.05) is 0 Å². The van der Waals surface area contributed by atoms with Crippen LogP contribution in [-0.4, -0.2) is 10.2 Å². The first-order chi connectivity index (χ1) is 8.31. The summed E-state index contributed by atoms with van der Waals surface area (Å²) < 4.78 is 1.77. The molecule has 0 bridgehead atoms. The average Bonchev–Trinajstić information content (AvgIpc) is 2.75. The van der Waals surface area contributed by atoms with Crippen LogP contribution >= 0.6 is 39.0 Å². The van der Waals surface area contributed by atoms with Crippen molar-refractivity contribution >= 4 is 49.8 Å². The van der Waals surface area contributed by atoms with E-state index in [1.165, 1.54) is 15.7 Å². The van der Waals surface area contributed by atoms with Gasteiger partial charge in [0.25, 0.3) is 0 Å². The summed E-state index contributed by atoms with van der Waals surface area (Å²) in [6, 6.07) is 14.8. The van der Waals surface area contributed by atoms with Gasteiger partial charge in [-0.15, -0.1) is 10.2 Å². The first kappa shape index (κ1) is 11.2. The summed E-state index contributed by atoms with van der Waals surface area (Å²) in [5, 5.41) is 10.5. The predicted molar refractivity (Wildman–Crippen MR) is 75.7 cm³/mol. The number of hydrogen-bond acceptors (Lipinski definition) is 4. The minimum atomic E-state index is 0.820. The predicted octanol–water partition coefficient (Wildman–Crippen LogP) is 4.61. The molecule has 0 radical (unpaired) electrons. The SMILES string of the molecule is Brc1nnc(Sc2ccc3ccccc3c2)s1. The van der Waals surface area contributed by atoms with Gasteiger partial charge in [-0.05, 0) is 38.8 Å². The van der Waals surface area contributed by atoms with Crippen LogP contribution in [0.1, 0.15) is 0 Å². The van der Waals surface area contributed by atoms with Crippen LogP contribution in [0.2, 0.25) is 0 Å². The van der Waals surface area contributed by atoms with Crippen molar-refractivity contribution in [3.8, 4) is 0 Å². The van der Waals surface area contributed by atoms with Crippen molar-refractivity contribution in [3.63, 3.8) is 0 Å². The van der Waals surface area contributed by atoms with Crippen LogP contribution in [-0.2, 0) is 0 Å². The van der Waals surface area contributed by atoms with Gasteiger partial charge in [-0.2, -0.15) is 0 Å². The lowest BCUT2D eigenvalue weighted by molar-refractivity contribution is 0.997. The Hall–Kier alpha value is -0.910. The number of aromatic nitrogens is 2. The van der Waals surface area contributed by atoms with E-state index in [2.05, 4.69) is 68.6 Å². The highest BCUT2D eigenvalue weighted by molar-refractivity contribution is 9.11. The molecule has 0 N–H and O–H groups in total. The summed E-state index contributed by atoms with van der Waals surface area (Å²) in [4.78, 5) is 1.19. The van der Waals surface area contributed by atoms with Crippen LogP contribution in [0.25, 0.3) is 10.8 Å². The maximum absolute atomic E-state index is 4.08. The van der Waals surface area contributed by atoms with Gasteiger partial charge in [0.15, 0.2) is 8.26 Å². The van der Waals surface area contributed by atoms with E-state index in [4.69, 9.17) is 0 Å². The largest absolute Gasteiger partial charge is 0.184 e. The Morgan fingerprint density at radius 3 is 2.59 bits per heavy atom. The van der Waals surface area contributed by atoms with E-state index >= 15 is 0 Å². The zero-order valence-electron chi connectivity index (χ0n) is 8.63. The van der Waals surface area contributed by atoms with Gasteiger partial charge >= 0.3 is 0 Å². The van der Waals surface area contributed by atoms with Crippen molar-refractivity contribution in [1.29, 1.82) is 0 Å². The van der Waals surface area contributed by atoms with E-state index in [0.717, 1.165) is 8.26 Å². The molecular weight excluding hydrogens is 316 g/mol. The molecule has 0 aliphatic rings. The number of benzene rings is 2. The Balaban J connectivity index is 1.95. The van der Waals surface area contributed by atoms with Crippen LogP contribution in [0.5, 0.6) is 0 Å². The van der Waals surface area contributed by atoms with Crippen LogP contribution in [0.15, 0.2) is 55.6 Å². The molecule has 3 aromatic rings. The molecule has 0 fully saturated rings. The van der Waals surface area contributed by atoms with E-state index in [9.17, 15) is 0 Å².